The molecule has 1 N–H and O–H groups in total. The molecule has 1 aromatic heterocycles. The second-order valence-corrected chi connectivity index (χ2v) is 7.34. The standard InChI is InChI=1S/C14H18ClN3O2S/c1-11-8-17-18(10-11)7-6-16-9-12-13(15)4-3-5-14(12)21(2,19)20/h3-5,8,10,16H,6-7,9H2,1-2H3. The Morgan fingerprint density at radius 1 is 1.38 bits per heavy atom. The molecule has 0 unspecified atom stereocenters. The summed E-state index contributed by atoms with van der Waals surface area (Å²) < 4.78 is 25.4. The van der Waals surface area contributed by atoms with Crippen molar-refractivity contribution in [2.45, 2.75) is 24.9 Å². The summed E-state index contributed by atoms with van der Waals surface area (Å²) in [6.07, 6.45) is 4.95. The molecule has 1 heterocycles. The van der Waals surface area contributed by atoms with Gasteiger partial charge in [-0.25, -0.2) is 8.42 Å². The number of nitrogens with one attached hydrogen (secondary N) is 1. The normalized spacial score (nSPS) is 11.8. The number of aromatic nitrogens is 2. The molecular weight excluding hydrogens is 310 g/mol. The lowest BCUT2D eigenvalue weighted by atomic mass is 10.2. The van der Waals surface area contributed by atoms with Crippen LogP contribution < -0.4 is 5.32 Å². The van der Waals surface area contributed by atoms with Crippen molar-refractivity contribution in [3.05, 3.63) is 46.7 Å². The number of nitrogens with zero attached hydrogens (tertiary/aromatic N) is 2. The van der Waals surface area contributed by atoms with Crippen LogP contribution in [0.5, 0.6) is 0 Å². The number of aryl methyl sites for hydroxylation is 1. The van der Waals surface area contributed by atoms with Crippen molar-refractivity contribution in [3.63, 3.8) is 0 Å². The van der Waals surface area contributed by atoms with E-state index in [1.807, 2.05) is 17.8 Å². The Balaban J connectivity index is 2.00. The summed E-state index contributed by atoms with van der Waals surface area (Å²) in [4.78, 5) is 0.275. The predicted molar refractivity (Wildman–Crippen MR) is 83.2 cm³/mol. The molecule has 0 aliphatic rings. The van der Waals surface area contributed by atoms with Gasteiger partial charge >= 0.3 is 0 Å². The van der Waals surface area contributed by atoms with E-state index in [1.165, 1.54) is 6.26 Å². The fourth-order valence-electron chi connectivity index (χ4n) is 2.05. The zero-order valence-electron chi connectivity index (χ0n) is 12.0. The summed E-state index contributed by atoms with van der Waals surface area (Å²) in [5.41, 5.74) is 1.72. The SMILES string of the molecule is Cc1cnn(CCNCc2c(Cl)cccc2S(C)(=O)=O)c1. The van der Waals surface area contributed by atoms with Crippen LogP contribution in [0.25, 0.3) is 0 Å². The molecule has 0 fully saturated rings. The van der Waals surface area contributed by atoms with Gasteiger partial charge in [-0.2, -0.15) is 5.10 Å². The van der Waals surface area contributed by atoms with Gasteiger partial charge in [-0.1, -0.05) is 17.7 Å². The quantitative estimate of drug-likeness (QED) is 0.825. The van der Waals surface area contributed by atoms with Crippen molar-refractivity contribution in [1.29, 1.82) is 0 Å². The van der Waals surface area contributed by atoms with E-state index in [4.69, 9.17) is 11.6 Å². The zero-order chi connectivity index (χ0) is 15.5. The molecule has 0 saturated carbocycles. The first kappa shape index (κ1) is 16.0. The molecule has 2 rings (SSSR count). The highest BCUT2D eigenvalue weighted by atomic mass is 35.5. The highest BCUT2D eigenvalue weighted by Crippen LogP contribution is 2.23. The molecule has 21 heavy (non-hydrogen) atoms. The van der Waals surface area contributed by atoms with Crippen LogP contribution >= 0.6 is 11.6 Å². The third-order valence-corrected chi connectivity index (χ3v) is 4.59. The summed E-state index contributed by atoms with van der Waals surface area (Å²) in [7, 11) is -3.28. The number of benzene rings is 1. The van der Waals surface area contributed by atoms with Crippen molar-refractivity contribution in [2.24, 2.45) is 0 Å². The Hall–Kier alpha value is -1.37. The maximum Gasteiger partial charge on any atom is 0.175 e. The molecule has 114 valence electrons. The lowest BCUT2D eigenvalue weighted by Crippen LogP contribution is -2.21. The van der Waals surface area contributed by atoms with E-state index in [0.29, 0.717) is 30.2 Å². The molecule has 2 aromatic rings. The highest BCUT2D eigenvalue weighted by molar-refractivity contribution is 7.90. The Bertz CT molecular complexity index is 726. The van der Waals surface area contributed by atoms with Crippen molar-refractivity contribution in [3.8, 4) is 0 Å². The Labute approximate surface area is 129 Å². The Morgan fingerprint density at radius 2 is 2.14 bits per heavy atom. The van der Waals surface area contributed by atoms with Crippen LogP contribution in [0.15, 0.2) is 35.5 Å². The Morgan fingerprint density at radius 3 is 2.76 bits per heavy atom. The first-order valence-corrected chi connectivity index (χ1v) is 8.82. The van der Waals surface area contributed by atoms with Gasteiger partial charge in [0.2, 0.25) is 0 Å². The van der Waals surface area contributed by atoms with Gasteiger partial charge in [0.1, 0.15) is 0 Å². The summed E-state index contributed by atoms with van der Waals surface area (Å²) in [5.74, 6) is 0. The van der Waals surface area contributed by atoms with Gasteiger partial charge in [0.05, 0.1) is 17.6 Å². The highest BCUT2D eigenvalue weighted by Gasteiger charge is 2.15. The molecule has 7 heteroatoms. The molecule has 0 radical (unpaired) electrons. The largest absolute Gasteiger partial charge is 0.311 e. The monoisotopic (exact) mass is 327 g/mol. The molecule has 1 aromatic carbocycles. The van der Waals surface area contributed by atoms with Crippen molar-refractivity contribution in [2.75, 3.05) is 12.8 Å². The molecule has 0 spiro atoms. The molecular formula is C14H18ClN3O2S. The van der Waals surface area contributed by atoms with Crippen LogP contribution in [-0.2, 0) is 22.9 Å². The van der Waals surface area contributed by atoms with Gasteiger partial charge in [0.15, 0.2) is 9.84 Å². The average Bonchev–Trinajstić information content (AvgIpc) is 2.80. The van der Waals surface area contributed by atoms with Gasteiger partial charge in [-0.15, -0.1) is 0 Å². The van der Waals surface area contributed by atoms with E-state index in [2.05, 4.69) is 10.4 Å². The molecule has 0 bridgehead atoms. The van der Waals surface area contributed by atoms with Crippen LogP contribution in [0, 0.1) is 6.92 Å². The molecule has 5 nitrogen and oxygen atoms in total. The summed E-state index contributed by atoms with van der Waals surface area (Å²) in [6, 6.07) is 4.92. The fraction of sp³-hybridized carbons (Fsp3) is 0.357. The molecule has 0 amide bonds. The summed E-state index contributed by atoms with van der Waals surface area (Å²) in [6.45, 7) is 3.78. The van der Waals surface area contributed by atoms with Gasteiger partial charge in [0.25, 0.3) is 0 Å². The van der Waals surface area contributed by atoms with Crippen LogP contribution in [0.2, 0.25) is 5.02 Å². The zero-order valence-corrected chi connectivity index (χ0v) is 13.6. The maximum atomic E-state index is 11.8. The number of hydrogen-bond donors (Lipinski definition) is 1. The minimum atomic E-state index is -3.28. The van der Waals surface area contributed by atoms with Crippen LogP contribution in [0.3, 0.4) is 0 Å². The predicted octanol–water partition coefficient (Wildman–Crippen LogP) is 2.04. The van der Waals surface area contributed by atoms with Crippen LogP contribution in [0.1, 0.15) is 11.1 Å². The van der Waals surface area contributed by atoms with Crippen LogP contribution in [0.4, 0.5) is 0 Å². The Kier molecular flexibility index (Phi) is 5.03. The second kappa shape index (κ2) is 6.60. The van der Waals surface area contributed by atoms with E-state index in [1.54, 1.807) is 24.4 Å². The third kappa shape index (κ3) is 4.30. The van der Waals surface area contributed by atoms with Crippen molar-refractivity contribution < 1.29 is 8.42 Å². The van der Waals surface area contributed by atoms with Gasteiger partial charge in [-0.3, -0.25) is 4.68 Å². The number of hydrogen-bond acceptors (Lipinski definition) is 4. The van der Waals surface area contributed by atoms with Gasteiger partial charge in [0, 0.05) is 36.1 Å². The average molecular weight is 328 g/mol. The molecule has 0 aliphatic heterocycles. The lowest BCUT2D eigenvalue weighted by molar-refractivity contribution is 0.551. The van der Waals surface area contributed by atoms with E-state index < -0.39 is 9.84 Å². The van der Waals surface area contributed by atoms with Crippen molar-refractivity contribution >= 4 is 21.4 Å². The number of halogens is 1. The lowest BCUT2D eigenvalue weighted by Gasteiger charge is -2.11. The van der Waals surface area contributed by atoms with E-state index >= 15 is 0 Å². The first-order valence-electron chi connectivity index (χ1n) is 6.55. The van der Waals surface area contributed by atoms with Crippen LogP contribution in [-0.4, -0.2) is 31.0 Å². The summed E-state index contributed by atoms with van der Waals surface area (Å²) in [5, 5.41) is 7.85. The summed E-state index contributed by atoms with van der Waals surface area (Å²) >= 11 is 6.11. The van der Waals surface area contributed by atoms with Gasteiger partial charge in [-0.05, 0) is 24.6 Å². The van der Waals surface area contributed by atoms with E-state index in [0.717, 1.165) is 5.56 Å². The third-order valence-electron chi connectivity index (χ3n) is 3.06. The molecule has 0 saturated heterocycles. The second-order valence-electron chi connectivity index (χ2n) is 4.95. The fourth-order valence-corrected chi connectivity index (χ4v) is 3.31. The van der Waals surface area contributed by atoms with E-state index in [-0.39, 0.29) is 4.90 Å². The first-order chi connectivity index (χ1) is 9.88. The van der Waals surface area contributed by atoms with Crippen molar-refractivity contribution in [1.82, 2.24) is 15.1 Å². The number of rotatable bonds is 6. The topological polar surface area (TPSA) is 64.0 Å². The van der Waals surface area contributed by atoms with Gasteiger partial charge < -0.3 is 5.32 Å². The molecule has 0 aliphatic carbocycles. The smallest absolute Gasteiger partial charge is 0.175 e. The minimum absolute atomic E-state index is 0.275. The molecule has 0 atom stereocenters. The number of sulfone groups is 1. The minimum Gasteiger partial charge on any atom is -0.311 e. The maximum absolute atomic E-state index is 11.8. The van der Waals surface area contributed by atoms with E-state index in [9.17, 15) is 8.42 Å².